The van der Waals surface area contributed by atoms with E-state index in [0.29, 0.717) is 30.0 Å². The van der Waals surface area contributed by atoms with Crippen molar-refractivity contribution in [1.82, 2.24) is 0 Å². The van der Waals surface area contributed by atoms with Gasteiger partial charge in [-0.1, -0.05) is 19.4 Å². The normalized spacial score (nSPS) is 42.4. The molecule has 0 aromatic rings. The van der Waals surface area contributed by atoms with Crippen molar-refractivity contribution in [3.8, 4) is 0 Å². The first-order valence-corrected chi connectivity index (χ1v) is 10.4. The van der Waals surface area contributed by atoms with Crippen molar-refractivity contribution in [2.45, 2.75) is 72.1 Å². The number of ether oxygens (including phenoxy) is 1. The van der Waals surface area contributed by atoms with Crippen LogP contribution in [0.1, 0.15) is 72.1 Å². The zero-order valence-corrected chi connectivity index (χ0v) is 16.7. The summed E-state index contributed by atoms with van der Waals surface area (Å²) in [6.07, 6.45) is 10.6. The Kier molecular flexibility index (Phi) is 4.44. The Hall–Kier alpha value is -1.71. The molecule has 4 rings (SSSR count). The van der Waals surface area contributed by atoms with E-state index in [9.17, 15) is 14.4 Å². The third-order valence-electron chi connectivity index (χ3n) is 8.40. The number of esters is 1. The lowest BCUT2D eigenvalue weighted by atomic mass is 9.47. The molecule has 0 aromatic carbocycles. The van der Waals surface area contributed by atoms with Crippen molar-refractivity contribution in [3.63, 3.8) is 0 Å². The van der Waals surface area contributed by atoms with Crippen LogP contribution in [0.3, 0.4) is 0 Å². The standard InChI is InChI=1S/C23H30O4/c1-14(25)27-21(13-24)20-7-6-18-17-5-4-15-12-16(26)8-10-22(15,2)19(17)9-11-23(18,20)3/h12-13,17-19H,4-11H2,1-3H3/b21-20-/t17-,18-,19-,22-,23-/m0/s1. The van der Waals surface area contributed by atoms with E-state index in [-0.39, 0.29) is 16.6 Å². The highest BCUT2D eigenvalue weighted by atomic mass is 16.5. The molecule has 0 radical (unpaired) electrons. The smallest absolute Gasteiger partial charge is 0.308 e. The van der Waals surface area contributed by atoms with Gasteiger partial charge in [0, 0.05) is 13.3 Å². The topological polar surface area (TPSA) is 60.4 Å². The molecule has 0 saturated heterocycles. The minimum absolute atomic E-state index is 0.0467. The Labute approximate surface area is 161 Å². The van der Waals surface area contributed by atoms with E-state index >= 15 is 0 Å². The maximum atomic E-state index is 11.9. The Bertz CT molecular complexity index is 760. The Morgan fingerprint density at radius 3 is 2.52 bits per heavy atom. The average Bonchev–Trinajstić information content (AvgIpc) is 2.97. The summed E-state index contributed by atoms with van der Waals surface area (Å²) in [6, 6.07) is 0. The quantitative estimate of drug-likeness (QED) is 0.310. The Balaban J connectivity index is 1.68. The van der Waals surface area contributed by atoms with Gasteiger partial charge in [-0.05, 0) is 85.2 Å². The van der Waals surface area contributed by atoms with Crippen LogP contribution in [0.2, 0.25) is 0 Å². The lowest BCUT2D eigenvalue weighted by Crippen LogP contribution is -2.49. The largest absolute Gasteiger partial charge is 0.423 e. The van der Waals surface area contributed by atoms with Gasteiger partial charge in [-0.25, -0.2) is 0 Å². The van der Waals surface area contributed by atoms with Crippen LogP contribution in [-0.4, -0.2) is 18.0 Å². The zero-order chi connectivity index (χ0) is 19.4. The molecule has 3 saturated carbocycles. The highest BCUT2D eigenvalue weighted by Crippen LogP contribution is 2.66. The SMILES string of the molecule is CC(=O)O/C(C=O)=C1/CC[C@H]2[C@@H]3CCC4=CC(=O)CC[C@]4(C)[C@H]3CC[C@]12C. The number of allylic oxidation sites excluding steroid dienone is 3. The molecule has 0 bridgehead atoms. The van der Waals surface area contributed by atoms with Crippen LogP contribution in [0.15, 0.2) is 23.0 Å². The van der Waals surface area contributed by atoms with E-state index < -0.39 is 5.97 Å². The highest BCUT2D eigenvalue weighted by Gasteiger charge is 2.58. The summed E-state index contributed by atoms with van der Waals surface area (Å²) in [5.41, 5.74) is 2.55. The molecule has 5 atom stereocenters. The number of carbonyl (C=O) groups is 3. The van der Waals surface area contributed by atoms with E-state index in [0.717, 1.165) is 56.8 Å². The number of aldehydes is 1. The number of carbonyl (C=O) groups excluding carboxylic acids is 3. The number of fused-ring (bicyclic) bond motifs is 5. The van der Waals surface area contributed by atoms with Crippen LogP contribution in [-0.2, 0) is 19.1 Å². The van der Waals surface area contributed by atoms with E-state index in [4.69, 9.17) is 4.74 Å². The zero-order valence-electron chi connectivity index (χ0n) is 16.7. The average molecular weight is 370 g/mol. The minimum atomic E-state index is -0.419. The number of hydrogen-bond donors (Lipinski definition) is 0. The van der Waals surface area contributed by atoms with Gasteiger partial charge in [-0.2, -0.15) is 0 Å². The third-order valence-corrected chi connectivity index (χ3v) is 8.40. The van der Waals surface area contributed by atoms with Gasteiger partial charge in [0.15, 0.2) is 17.8 Å². The van der Waals surface area contributed by atoms with Gasteiger partial charge in [0.2, 0.25) is 0 Å². The molecule has 0 aromatic heterocycles. The number of rotatable bonds is 2. The van der Waals surface area contributed by atoms with Crippen LogP contribution < -0.4 is 0 Å². The Morgan fingerprint density at radius 2 is 1.81 bits per heavy atom. The van der Waals surface area contributed by atoms with Crippen molar-refractivity contribution in [2.75, 3.05) is 0 Å². The molecule has 146 valence electrons. The van der Waals surface area contributed by atoms with Crippen LogP contribution >= 0.6 is 0 Å². The van der Waals surface area contributed by atoms with Gasteiger partial charge in [0.1, 0.15) is 0 Å². The van der Waals surface area contributed by atoms with Gasteiger partial charge in [-0.15, -0.1) is 0 Å². The van der Waals surface area contributed by atoms with Crippen molar-refractivity contribution in [2.24, 2.45) is 28.6 Å². The second-order valence-corrected chi connectivity index (χ2v) is 9.52. The van der Waals surface area contributed by atoms with Crippen molar-refractivity contribution >= 4 is 18.0 Å². The molecule has 0 spiro atoms. The molecule has 4 nitrogen and oxygen atoms in total. The van der Waals surface area contributed by atoms with Gasteiger partial charge < -0.3 is 4.74 Å². The first kappa shape index (κ1) is 18.6. The van der Waals surface area contributed by atoms with Crippen molar-refractivity contribution < 1.29 is 19.1 Å². The summed E-state index contributed by atoms with van der Waals surface area (Å²) >= 11 is 0. The van der Waals surface area contributed by atoms with Crippen LogP contribution in [0, 0.1) is 28.6 Å². The predicted octanol–water partition coefficient (Wildman–Crippen LogP) is 4.53. The Morgan fingerprint density at radius 1 is 1.07 bits per heavy atom. The van der Waals surface area contributed by atoms with E-state index in [2.05, 4.69) is 13.8 Å². The fraction of sp³-hybridized carbons (Fsp3) is 0.696. The summed E-state index contributed by atoms with van der Waals surface area (Å²) in [5, 5.41) is 0. The van der Waals surface area contributed by atoms with Crippen molar-refractivity contribution in [3.05, 3.63) is 23.0 Å². The van der Waals surface area contributed by atoms with Crippen molar-refractivity contribution in [1.29, 1.82) is 0 Å². The highest BCUT2D eigenvalue weighted by molar-refractivity contribution is 5.91. The van der Waals surface area contributed by atoms with E-state index in [1.54, 1.807) is 0 Å². The second kappa shape index (κ2) is 6.42. The molecule has 0 amide bonds. The fourth-order valence-corrected chi connectivity index (χ4v) is 7.09. The monoisotopic (exact) mass is 370 g/mol. The number of hydrogen-bond acceptors (Lipinski definition) is 4. The molecular weight excluding hydrogens is 340 g/mol. The van der Waals surface area contributed by atoms with E-state index in [1.807, 2.05) is 6.08 Å². The first-order chi connectivity index (χ1) is 12.8. The van der Waals surface area contributed by atoms with Gasteiger partial charge in [0.05, 0.1) is 0 Å². The molecule has 0 N–H and O–H groups in total. The lowest BCUT2D eigenvalue weighted by molar-refractivity contribution is -0.138. The molecule has 4 aliphatic rings. The maximum absolute atomic E-state index is 11.9. The van der Waals surface area contributed by atoms with Gasteiger partial charge >= 0.3 is 5.97 Å². The molecule has 0 aliphatic heterocycles. The van der Waals surface area contributed by atoms with Crippen LogP contribution in [0.5, 0.6) is 0 Å². The lowest BCUT2D eigenvalue weighted by Gasteiger charge is -2.57. The molecule has 0 unspecified atom stereocenters. The minimum Gasteiger partial charge on any atom is -0.423 e. The summed E-state index contributed by atoms with van der Waals surface area (Å²) in [5.74, 6) is 1.92. The summed E-state index contributed by atoms with van der Waals surface area (Å²) in [7, 11) is 0. The maximum Gasteiger partial charge on any atom is 0.308 e. The van der Waals surface area contributed by atoms with Crippen LogP contribution in [0.4, 0.5) is 0 Å². The first-order valence-electron chi connectivity index (χ1n) is 10.4. The summed E-state index contributed by atoms with van der Waals surface area (Å²) in [4.78, 5) is 35.0. The molecule has 4 aliphatic carbocycles. The van der Waals surface area contributed by atoms with Crippen LogP contribution in [0.25, 0.3) is 0 Å². The second-order valence-electron chi connectivity index (χ2n) is 9.52. The molecule has 3 fully saturated rings. The van der Waals surface area contributed by atoms with Gasteiger partial charge in [0.25, 0.3) is 0 Å². The van der Waals surface area contributed by atoms with E-state index in [1.165, 1.54) is 12.5 Å². The predicted molar refractivity (Wildman–Crippen MR) is 102 cm³/mol. The molecular formula is C23H30O4. The molecule has 27 heavy (non-hydrogen) atoms. The number of ketones is 1. The molecule has 4 heteroatoms. The van der Waals surface area contributed by atoms with Gasteiger partial charge in [-0.3, -0.25) is 14.4 Å². The summed E-state index contributed by atoms with van der Waals surface area (Å²) < 4.78 is 5.28. The third kappa shape index (κ3) is 2.75. The summed E-state index contributed by atoms with van der Waals surface area (Å²) in [6.45, 7) is 6.02. The molecule has 0 heterocycles. The fourth-order valence-electron chi connectivity index (χ4n) is 7.09.